The van der Waals surface area contributed by atoms with E-state index in [1.54, 1.807) is 7.11 Å². The quantitative estimate of drug-likeness (QED) is 0.639. The average molecular weight is 284 g/mol. The molecule has 2 rings (SSSR count). The van der Waals surface area contributed by atoms with Crippen LogP contribution in [0.1, 0.15) is 5.56 Å². The second kappa shape index (κ2) is 7.28. The number of ether oxygens (including phenoxy) is 1. The van der Waals surface area contributed by atoms with Gasteiger partial charge in [0, 0.05) is 28.6 Å². The summed E-state index contributed by atoms with van der Waals surface area (Å²) in [7, 11) is 1.70. The van der Waals surface area contributed by atoms with Crippen LogP contribution in [-0.2, 0) is 6.42 Å². The first-order chi connectivity index (χ1) is 8.83. The minimum Gasteiger partial charge on any atom is -0.497 e. The van der Waals surface area contributed by atoms with Crippen molar-refractivity contribution in [3.63, 3.8) is 0 Å². The van der Waals surface area contributed by atoms with Crippen molar-refractivity contribution in [2.24, 2.45) is 5.84 Å². The van der Waals surface area contributed by atoms with E-state index in [-0.39, 0.29) is 0 Å². The van der Waals surface area contributed by atoms with Crippen LogP contribution in [0.3, 0.4) is 0 Å². The first-order valence-electron chi connectivity index (χ1n) is 6.12. The molecule has 1 aromatic rings. The van der Waals surface area contributed by atoms with E-state index < -0.39 is 0 Å². The molecule has 0 amide bonds. The van der Waals surface area contributed by atoms with Crippen LogP contribution in [0.4, 0.5) is 0 Å². The maximum atomic E-state index is 5.72. The predicted molar refractivity (Wildman–Crippen MR) is 81.4 cm³/mol. The first kappa shape index (κ1) is 14.1. The van der Waals surface area contributed by atoms with Crippen LogP contribution in [0.25, 0.3) is 0 Å². The first-order valence-corrected chi connectivity index (χ1v) is 8.32. The van der Waals surface area contributed by atoms with Gasteiger partial charge in [-0.1, -0.05) is 12.1 Å². The van der Waals surface area contributed by atoms with Crippen molar-refractivity contribution in [3.05, 3.63) is 29.8 Å². The van der Waals surface area contributed by atoms with Crippen molar-refractivity contribution < 1.29 is 4.74 Å². The molecule has 1 aliphatic rings. The predicted octanol–water partition coefficient (Wildman–Crippen LogP) is 1.92. The monoisotopic (exact) mass is 284 g/mol. The summed E-state index contributed by atoms with van der Waals surface area (Å²) in [5.41, 5.74) is 4.25. The molecule has 1 heterocycles. The molecular weight excluding hydrogens is 264 g/mol. The SMILES string of the molecule is COc1cccc(CC(NN)C2CSCCS2)c1. The number of benzene rings is 1. The van der Waals surface area contributed by atoms with E-state index in [2.05, 4.69) is 17.6 Å². The number of thioether (sulfide) groups is 2. The van der Waals surface area contributed by atoms with Crippen LogP contribution in [0.2, 0.25) is 0 Å². The Morgan fingerprint density at radius 2 is 2.39 bits per heavy atom. The van der Waals surface area contributed by atoms with Gasteiger partial charge in [-0.25, -0.2) is 0 Å². The van der Waals surface area contributed by atoms with Gasteiger partial charge < -0.3 is 4.74 Å². The van der Waals surface area contributed by atoms with E-state index >= 15 is 0 Å². The lowest BCUT2D eigenvalue weighted by atomic mass is 10.0. The van der Waals surface area contributed by atoms with Crippen molar-refractivity contribution in [3.8, 4) is 5.75 Å². The van der Waals surface area contributed by atoms with Gasteiger partial charge in [-0.2, -0.15) is 23.5 Å². The van der Waals surface area contributed by atoms with Crippen LogP contribution in [0.5, 0.6) is 5.75 Å². The van der Waals surface area contributed by atoms with Crippen LogP contribution < -0.4 is 16.0 Å². The molecule has 0 saturated carbocycles. The van der Waals surface area contributed by atoms with Crippen molar-refractivity contribution >= 4 is 23.5 Å². The summed E-state index contributed by atoms with van der Waals surface area (Å²) < 4.78 is 5.25. The topological polar surface area (TPSA) is 47.3 Å². The van der Waals surface area contributed by atoms with Gasteiger partial charge in [0.1, 0.15) is 5.75 Å². The Balaban J connectivity index is 1.99. The zero-order valence-corrected chi connectivity index (χ0v) is 12.2. The van der Waals surface area contributed by atoms with E-state index in [4.69, 9.17) is 10.6 Å². The number of hydrogen-bond donors (Lipinski definition) is 2. The maximum absolute atomic E-state index is 5.72. The third-order valence-electron chi connectivity index (χ3n) is 3.09. The standard InChI is InChI=1S/C13H20N2OS2/c1-16-11-4-2-3-10(7-11)8-12(15-14)13-9-17-5-6-18-13/h2-4,7,12-13,15H,5-6,8-9,14H2,1H3. The third-order valence-corrected chi connectivity index (χ3v) is 6.01. The lowest BCUT2D eigenvalue weighted by molar-refractivity contribution is 0.413. The Bertz CT molecular complexity index is 370. The zero-order chi connectivity index (χ0) is 12.8. The number of rotatable bonds is 5. The summed E-state index contributed by atoms with van der Waals surface area (Å²) in [5.74, 6) is 10.3. The van der Waals surface area contributed by atoms with Crippen molar-refractivity contribution in [2.75, 3.05) is 24.4 Å². The molecule has 18 heavy (non-hydrogen) atoms. The van der Waals surface area contributed by atoms with Gasteiger partial charge in [0.05, 0.1) is 7.11 Å². The van der Waals surface area contributed by atoms with Crippen molar-refractivity contribution in [1.29, 1.82) is 0 Å². The van der Waals surface area contributed by atoms with Gasteiger partial charge in [-0.3, -0.25) is 11.3 Å². The van der Waals surface area contributed by atoms with Crippen molar-refractivity contribution in [2.45, 2.75) is 17.7 Å². The minimum atomic E-state index is 0.329. The number of nitrogens with two attached hydrogens (primary N) is 1. The number of hydrogen-bond acceptors (Lipinski definition) is 5. The molecule has 2 unspecified atom stereocenters. The van der Waals surface area contributed by atoms with Crippen molar-refractivity contribution in [1.82, 2.24) is 5.43 Å². The highest BCUT2D eigenvalue weighted by molar-refractivity contribution is 8.06. The highest BCUT2D eigenvalue weighted by Crippen LogP contribution is 2.28. The molecule has 1 aromatic carbocycles. The number of nitrogens with one attached hydrogen (secondary N) is 1. The van der Waals surface area contributed by atoms with Crippen LogP contribution >= 0.6 is 23.5 Å². The summed E-state index contributed by atoms with van der Waals surface area (Å²) in [6.45, 7) is 0. The second-order valence-corrected chi connectivity index (χ2v) is 6.81. The fourth-order valence-electron chi connectivity index (χ4n) is 2.09. The lowest BCUT2D eigenvalue weighted by Gasteiger charge is -2.29. The van der Waals surface area contributed by atoms with Gasteiger partial charge in [0.15, 0.2) is 0 Å². The van der Waals surface area contributed by atoms with E-state index in [1.807, 2.05) is 35.7 Å². The summed E-state index contributed by atoms with van der Waals surface area (Å²) in [4.78, 5) is 0. The molecule has 1 aliphatic heterocycles. The largest absolute Gasteiger partial charge is 0.497 e. The van der Waals surface area contributed by atoms with Crippen LogP contribution in [0.15, 0.2) is 24.3 Å². The fraction of sp³-hybridized carbons (Fsp3) is 0.538. The Morgan fingerprint density at radius 3 is 3.06 bits per heavy atom. The Hall–Kier alpha value is -0.360. The molecular formula is C13H20N2OS2. The van der Waals surface area contributed by atoms with Crippen LogP contribution in [0, 0.1) is 0 Å². The lowest BCUT2D eigenvalue weighted by Crippen LogP contribution is -2.46. The molecule has 2 atom stereocenters. The molecule has 1 fully saturated rings. The fourth-order valence-corrected chi connectivity index (χ4v) is 4.96. The van der Waals surface area contributed by atoms with E-state index in [9.17, 15) is 0 Å². The molecule has 3 nitrogen and oxygen atoms in total. The van der Waals surface area contributed by atoms with E-state index in [1.165, 1.54) is 22.8 Å². The normalized spacial score (nSPS) is 21.6. The van der Waals surface area contributed by atoms with E-state index in [0.29, 0.717) is 11.3 Å². The van der Waals surface area contributed by atoms with Gasteiger partial charge in [0.25, 0.3) is 0 Å². The molecule has 0 aliphatic carbocycles. The van der Waals surface area contributed by atoms with Gasteiger partial charge in [-0.05, 0) is 24.1 Å². The average Bonchev–Trinajstić information content (AvgIpc) is 2.46. The zero-order valence-electron chi connectivity index (χ0n) is 10.6. The molecule has 100 valence electrons. The van der Waals surface area contributed by atoms with Gasteiger partial charge >= 0.3 is 0 Å². The summed E-state index contributed by atoms with van der Waals surface area (Å²) in [5, 5.41) is 0.597. The molecule has 5 heteroatoms. The number of hydrazine groups is 1. The molecule has 0 aromatic heterocycles. The highest BCUT2D eigenvalue weighted by atomic mass is 32.2. The molecule has 1 saturated heterocycles. The number of methoxy groups -OCH3 is 1. The van der Waals surface area contributed by atoms with Gasteiger partial charge in [0.2, 0.25) is 0 Å². The van der Waals surface area contributed by atoms with Gasteiger partial charge in [-0.15, -0.1) is 0 Å². The highest BCUT2D eigenvalue weighted by Gasteiger charge is 2.23. The second-order valence-electron chi connectivity index (χ2n) is 4.31. The Labute approximate surface area is 117 Å². The summed E-state index contributed by atoms with van der Waals surface area (Å²) in [6.07, 6.45) is 0.950. The Morgan fingerprint density at radius 1 is 1.50 bits per heavy atom. The third kappa shape index (κ3) is 3.82. The maximum Gasteiger partial charge on any atom is 0.119 e. The molecule has 3 N–H and O–H groups in total. The Kier molecular flexibility index (Phi) is 5.69. The van der Waals surface area contributed by atoms with E-state index in [0.717, 1.165) is 12.2 Å². The minimum absolute atomic E-state index is 0.329. The summed E-state index contributed by atoms with van der Waals surface area (Å²) >= 11 is 4.05. The smallest absolute Gasteiger partial charge is 0.119 e. The van der Waals surface area contributed by atoms with Crippen LogP contribution in [-0.4, -0.2) is 35.7 Å². The molecule has 0 bridgehead atoms. The molecule has 0 radical (unpaired) electrons. The summed E-state index contributed by atoms with van der Waals surface area (Å²) in [6, 6.07) is 8.55. The molecule has 0 spiro atoms.